The van der Waals surface area contributed by atoms with E-state index in [-0.39, 0.29) is 10.7 Å². The van der Waals surface area contributed by atoms with Gasteiger partial charge in [-0.25, -0.2) is 4.39 Å². The van der Waals surface area contributed by atoms with Gasteiger partial charge in [-0.05, 0) is 62.2 Å². The van der Waals surface area contributed by atoms with Crippen LogP contribution in [0.25, 0.3) is 0 Å². The minimum absolute atomic E-state index is 0.0760. The van der Waals surface area contributed by atoms with Gasteiger partial charge in [-0.1, -0.05) is 23.2 Å². The van der Waals surface area contributed by atoms with Gasteiger partial charge in [0.15, 0.2) is 5.76 Å². The van der Waals surface area contributed by atoms with Gasteiger partial charge in [0.25, 0.3) is 15.9 Å². The quantitative estimate of drug-likeness (QED) is 0.455. The van der Waals surface area contributed by atoms with Crippen LogP contribution < -0.4 is 10.1 Å². The second-order valence-corrected chi connectivity index (χ2v) is 9.90. The average Bonchev–Trinajstić information content (AvgIpc) is 3.12. The van der Waals surface area contributed by atoms with Gasteiger partial charge < -0.3 is 9.73 Å². The molecular formula is C22H18Cl2FN3O4S. The molecule has 0 aliphatic heterocycles. The van der Waals surface area contributed by atoms with Crippen molar-refractivity contribution in [1.29, 1.82) is 0 Å². The second kappa shape index (κ2) is 9.17. The fourth-order valence-electron chi connectivity index (χ4n) is 3.55. The van der Waals surface area contributed by atoms with Crippen LogP contribution in [0, 0.1) is 12.7 Å². The SMILES string of the molecule is Cc1c(C(=O)Nc2cc(Cl)ccc2Cl)oc2c1/C(=N/NS(=O)(=O)c1ccc(F)cc1)CCC2. The smallest absolute Gasteiger partial charge is 0.291 e. The number of fused-ring (bicyclic) bond motifs is 1. The maximum absolute atomic E-state index is 13.1. The third-order valence-corrected chi connectivity index (χ3v) is 6.92. The first-order chi connectivity index (χ1) is 15.7. The Morgan fingerprint density at radius 3 is 2.58 bits per heavy atom. The predicted molar refractivity (Wildman–Crippen MR) is 124 cm³/mol. The first-order valence-corrected chi connectivity index (χ1v) is 12.1. The molecule has 7 nitrogen and oxygen atoms in total. The molecule has 0 saturated heterocycles. The molecule has 0 radical (unpaired) electrons. The van der Waals surface area contributed by atoms with Crippen LogP contribution in [0.5, 0.6) is 0 Å². The molecule has 0 fully saturated rings. The van der Waals surface area contributed by atoms with E-state index in [0.29, 0.717) is 57.6 Å². The highest BCUT2D eigenvalue weighted by Crippen LogP contribution is 2.31. The van der Waals surface area contributed by atoms with Crippen molar-refractivity contribution in [2.24, 2.45) is 5.10 Å². The van der Waals surface area contributed by atoms with Crippen molar-refractivity contribution in [1.82, 2.24) is 4.83 Å². The lowest BCUT2D eigenvalue weighted by Crippen LogP contribution is -2.22. The highest BCUT2D eigenvalue weighted by Gasteiger charge is 2.28. The third-order valence-electron chi connectivity index (χ3n) is 5.13. The molecule has 172 valence electrons. The Bertz CT molecular complexity index is 1370. The number of amides is 1. The summed E-state index contributed by atoms with van der Waals surface area (Å²) in [6.45, 7) is 1.70. The lowest BCUT2D eigenvalue weighted by Gasteiger charge is -2.14. The van der Waals surface area contributed by atoms with E-state index in [1.807, 2.05) is 0 Å². The second-order valence-electron chi connectivity index (χ2n) is 7.39. The number of nitrogens with zero attached hydrogens (tertiary/aromatic N) is 1. The maximum atomic E-state index is 13.1. The summed E-state index contributed by atoms with van der Waals surface area (Å²) in [5, 5.41) is 7.51. The zero-order chi connectivity index (χ0) is 23.8. The molecule has 1 aliphatic carbocycles. The minimum atomic E-state index is -3.99. The van der Waals surface area contributed by atoms with Crippen LogP contribution in [0.15, 0.2) is 56.9 Å². The number of aryl methyl sites for hydroxylation is 1. The molecule has 0 saturated carbocycles. The molecular weight excluding hydrogens is 492 g/mol. The molecule has 0 unspecified atom stereocenters. The lowest BCUT2D eigenvalue weighted by atomic mass is 9.93. The summed E-state index contributed by atoms with van der Waals surface area (Å²) >= 11 is 12.1. The van der Waals surface area contributed by atoms with Crippen molar-refractivity contribution in [3.63, 3.8) is 0 Å². The van der Waals surface area contributed by atoms with Gasteiger partial charge in [0.1, 0.15) is 11.6 Å². The van der Waals surface area contributed by atoms with E-state index >= 15 is 0 Å². The summed E-state index contributed by atoms with van der Waals surface area (Å²) < 4.78 is 43.9. The van der Waals surface area contributed by atoms with Crippen LogP contribution in [-0.2, 0) is 16.4 Å². The number of nitrogens with one attached hydrogen (secondary N) is 2. The molecule has 1 heterocycles. The Morgan fingerprint density at radius 1 is 1.12 bits per heavy atom. The molecule has 2 N–H and O–H groups in total. The van der Waals surface area contributed by atoms with E-state index < -0.39 is 21.7 Å². The molecule has 0 atom stereocenters. The van der Waals surface area contributed by atoms with Gasteiger partial charge in [-0.15, -0.1) is 0 Å². The number of rotatable bonds is 5. The topological polar surface area (TPSA) is 101 Å². The fourth-order valence-corrected chi connectivity index (χ4v) is 4.72. The van der Waals surface area contributed by atoms with Crippen molar-refractivity contribution in [3.8, 4) is 0 Å². The van der Waals surface area contributed by atoms with Gasteiger partial charge in [-0.3, -0.25) is 4.79 Å². The van der Waals surface area contributed by atoms with E-state index in [9.17, 15) is 17.6 Å². The fraction of sp³-hybridized carbons (Fsp3) is 0.182. The number of anilines is 1. The van der Waals surface area contributed by atoms with Gasteiger partial charge in [-0.2, -0.15) is 18.4 Å². The van der Waals surface area contributed by atoms with E-state index in [0.717, 1.165) is 24.3 Å². The van der Waals surface area contributed by atoms with Gasteiger partial charge in [0.2, 0.25) is 0 Å². The van der Waals surface area contributed by atoms with E-state index in [1.165, 1.54) is 6.07 Å². The minimum Gasteiger partial charge on any atom is -0.455 e. The zero-order valence-electron chi connectivity index (χ0n) is 17.3. The number of hydrazone groups is 1. The monoisotopic (exact) mass is 509 g/mol. The van der Waals surface area contributed by atoms with Crippen LogP contribution in [0.3, 0.4) is 0 Å². The average molecular weight is 510 g/mol. The van der Waals surface area contributed by atoms with Crippen molar-refractivity contribution in [3.05, 3.63) is 81.0 Å². The van der Waals surface area contributed by atoms with E-state index in [4.69, 9.17) is 27.6 Å². The Labute approximate surface area is 199 Å². The van der Waals surface area contributed by atoms with Crippen LogP contribution in [0.4, 0.5) is 10.1 Å². The zero-order valence-corrected chi connectivity index (χ0v) is 19.6. The number of furan rings is 1. The highest BCUT2D eigenvalue weighted by molar-refractivity contribution is 7.89. The largest absolute Gasteiger partial charge is 0.455 e. The Kier molecular flexibility index (Phi) is 6.47. The van der Waals surface area contributed by atoms with Gasteiger partial charge in [0, 0.05) is 22.6 Å². The molecule has 1 amide bonds. The first-order valence-electron chi connectivity index (χ1n) is 9.88. The Balaban J connectivity index is 1.61. The van der Waals surface area contributed by atoms with Crippen molar-refractivity contribution in [2.75, 3.05) is 5.32 Å². The highest BCUT2D eigenvalue weighted by atomic mass is 35.5. The standard InChI is InChI=1S/C22H18Cl2FN3O4S/c1-12-20-17(27-28-33(30,31)15-8-6-14(25)7-9-15)3-2-4-19(20)32-21(12)22(29)26-18-11-13(23)5-10-16(18)24/h5-11,28H,2-4H2,1H3,(H,26,29)/b27-17+. The number of carbonyl (C=O) groups excluding carboxylic acids is 1. The Morgan fingerprint density at radius 2 is 1.85 bits per heavy atom. The number of sulfonamides is 1. The summed E-state index contributed by atoms with van der Waals surface area (Å²) in [7, 11) is -3.99. The van der Waals surface area contributed by atoms with Gasteiger partial charge in [0.05, 0.1) is 21.3 Å². The molecule has 4 rings (SSSR count). The predicted octanol–water partition coefficient (Wildman–Crippen LogP) is 5.31. The molecule has 0 bridgehead atoms. The first kappa shape index (κ1) is 23.3. The maximum Gasteiger partial charge on any atom is 0.291 e. The molecule has 0 spiro atoms. The van der Waals surface area contributed by atoms with E-state index in [2.05, 4.69) is 15.2 Å². The molecule has 11 heteroatoms. The summed E-state index contributed by atoms with van der Waals surface area (Å²) in [4.78, 5) is 14.9. The Hall–Kier alpha value is -2.88. The number of halogens is 3. The van der Waals surface area contributed by atoms with Crippen molar-refractivity contribution >= 4 is 50.5 Å². The third kappa shape index (κ3) is 4.90. The van der Waals surface area contributed by atoms with Crippen LogP contribution in [0.1, 0.15) is 40.3 Å². The van der Waals surface area contributed by atoms with Crippen molar-refractivity contribution < 1.29 is 22.0 Å². The summed E-state index contributed by atoms with van der Waals surface area (Å²) in [6, 6.07) is 9.10. The van der Waals surface area contributed by atoms with Crippen LogP contribution in [0.2, 0.25) is 10.0 Å². The number of carbonyl (C=O) groups is 1. The summed E-state index contributed by atoms with van der Waals surface area (Å²) in [5.74, 6) is -0.443. The molecule has 1 aliphatic rings. The lowest BCUT2D eigenvalue weighted by molar-refractivity contribution is 0.0994. The summed E-state index contributed by atoms with van der Waals surface area (Å²) in [6.07, 6.45) is 1.73. The van der Waals surface area contributed by atoms with Crippen LogP contribution in [-0.4, -0.2) is 20.0 Å². The molecule has 2 aromatic carbocycles. The molecule has 3 aromatic rings. The van der Waals surface area contributed by atoms with Crippen molar-refractivity contribution in [2.45, 2.75) is 31.1 Å². The normalized spacial score (nSPS) is 14.7. The number of hydrogen-bond donors (Lipinski definition) is 2. The number of hydrogen-bond acceptors (Lipinski definition) is 5. The molecule has 1 aromatic heterocycles. The van der Waals surface area contributed by atoms with E-state index in [1.54, 1.807) is 19.1 Å². The molecule has 33 heavy (non-hydrogen) atoms. The van der Waals surface area contributed by atoms with Crippen LogP contribution >= 0.6 is 23.2 Å². The summed E-state index contributed by atoms with van der Waals surface area (Å²) in [5.41, 5.74) is 1.90. The van der Waals surface area contributed by atoms with Gasteiger partial charge >= 0.3 is 0 Å². The number of benzene rings is 2.